The number of carbonyl (C=O) groups is 3. The Labute approximate surface area is 183 Å². The quantitative estimate of drug-likeness (QED) is 0.418. The number of hydrogen-bond acceptors (Lipinski definition) is 6. The summed E-state index contributed by atoms with van der Waals surface area (Å²) in [6, 6.07) is 11.6. The molecule has 0 bridgehead atoms. The molecule has 1 aliphatic rings. The first-order valence-electron chi connectivity index (χ1n) is 9.28. The molecule has 0 saturated carbocycles. The minimum Gasteiger partial charge on any atom is -0.493 e. The molecule has 156 valence electrons. The Kier molecular flexibility index (Phi) is 7.18. The lowest BCUT2D eigenvalue weighted by molar-refractivity contribution is -0.122. The number of amides is 2. The van der Waals surface area contributed by atoms with E-state index in [1.807, 2.05) is 6.92 Å². The summed E-state index contributed by atoms with van der Waals surface area (Å²) in [5.41, 5.74) is 1.07. The van der Waals surface area contributed by atoms with Gasteiger partial charge in [0.25, 0.3) is 11.1 Å². The zero-order valence-electron chi connectivity index (χ0n) is 16.5. The van der Waals surface area contributed by atoms with Gasteiger partial charge in [-0.3, -0.25) is 19.3 Å². The van der Waals surface area contributed by atoms with E-state index in [1.165, 1.54) is 7.11 Å². The highest BCUT2D eigenvalue weighted by Crippen LogP contribution is 2.34. The van der Waals surface area contributed by atoms with Gasteiger partial charge in [-0.05, 0) is 66.2 Å². The SMILES string of the molecule is CCCOc1ccc(/C=C2\SC(=O)N(CC(=O)c3ccc(Cl)cc3)C2=O)cc1OC. The standard InChI is InChI=1S/C22H20ClNO5S/c1-3-10-29-18-9-4-14(11-19(18)28-2)12-20-21(26)24(22(27)30-20)13-17(25)15-5-7-16(23)8-6-15/h4-9,11-12H,3,10,13H2,1-2H3/b20-12-. The molecule has 0 aliphatic carbocycles. The summed E-state index contributed by atoms with van der Waals surface area (Å²) in [5, 5.41) is 0.0191. The van der Waals surface area contributed by atoms with Crippen LogP contribution in [0, 0.1) is 0 Å². The zero-order chi connectivity index (χ0) is 21.7. The van der Waals surface area contributed by atoms with Crippen LogP contribution in [0.1, 0.15) is 29.3 Å². The second-order valence-corrected chi connectivity index (χ2v) is 7.89. The van der Waals surface area contributed by atoms with Gasteiger partial charge in [0.05, 0.1) is 25.2 Å². The van der Waals surface area contributed by atoms with E-state index in [0.29, 0.717) is 34.3 Å². The van der Waals surface area contributed by atoms with Gasteiger partial charge in [0.2, 0.25) is 0 Å². The van der Waals surface area contributed by atoms with E-state index in [2.05, 4.69) is 0 Å². The van der Waals surface area contributed by atoms with E-state index in [-0.39, 0.29) is 17.2 Å². The van der Waals surface area contributed by atoms with Crippen molar-refractivity contribution in [3.8, 4) is 11.5 Å². The number of thioether (sulfide) groups is 1. The van der Waals surface area contributed by atoms with Gasteiger partial charge in [-0.25, -0.2) is 0 Å². The first-order valence-corrected chi connectivity index (χ1v) is 10.5. The summed E-state index contributed by atoms with van der Waals surface area (Å²) in [4.78, 5) is 38.6. The van der Waals surface area contributed by atoms with Crippen LogP contribution in [-0.2, 0) is 4.79 Å². The summed E-state index contributed by atoms with van der Waals surface area (Å²) in [7, 11) is 1.54. The molecule has 2 amide bonds. The maximum Gasteiger partial charge on any atom is 0.293 e. The fourth-order valence-electron chi connectivity index (χ4n) is 2.76. The summed E-state index contributed by atoms with van der Waals surface area (Å²) in [6.07, 6.45) is 2.47. The smallest absolute Gasteiger partial charge is 0.293 e. The lowest BCUT2D eigenvalue weighted by Crippen LogP contribution is -2.33. The van der Waals surface area contributed by atoms with Gasteiger partial charge in [0, 0.05) is 10.6 Å². The topological polar surface area (TPSA) is 72.9 Å². The number of ketones is 1. The number of benzene rings is 2. The second kappa shape index (κ2) is 9.82. The lowest BCUT2D eigenvalue weighted by atomic mass is 10.1. The van der Waals surface area contributed by atoms with Crippen LogP contribution in [-0.4, -0.2) is 42.1 Å². The molecular formula is C22H20ClNO5S. The van der Waals surface area contributed by atoms with E-state index in [1.54, 1.807) is 48.5 Å². The van der Waals surface area contributed by atoms with E-state index >= 15 is 0 Å². The molecule has 0 N–H and O–H groups in total. The minimum atomic E-state index is -0.502. The largest absolute Gasteiger partial charge is 0.493 e. The fraction of sp³-hybridized carbons (Fsp3) is 0.227. The molecule has 0 aromatic heterocycles. The molecule has 2 aromatic rings. The summed E-state index contributed by atoms with van der Waals surface area (Å²) < 4.78 is 11.0. The van der Waals surface area contributed by atoms with Crippen molar-refractivity contribution in [2.24, 2.45) is 0 Å². The molecule has 1 aliphatic heterocycles. The van der Waals surface area contributed by atoms with Crippen LogP contribution in [0.15, 0.2) is 47.4 Å². The number of rotatable bonds is 8. The van der Waals surface area contributed by atoms with Crippen molar-refractivity contribution in [1.29, 1.82) is 0 Å². The van der Waals surface area contributed by atoms with E-state index in [0.717, 1.165) is 23.1 Å². The van der Waals surface area contributed by atoms with E-state index in [4.69, 9.17) is 21.1 Å². The molecular weight excluding hydrogens is 426 g/mol. The highest BCUT2D eigenvalue weighted by Gasteiger charge is 2.36. The van der Waals surface area contributed by atoms with Gasteiger partial charge in [-0.1, -0.05) is 24.6 Å². The average Bonchev–Trinajstić information content (AvgIpc) is 3.00. The maximum atomic E-state index is 12.7. The molecule has 0 unspecified atom stereocenters. The number of methoxy groups -OCH3 is 1. The molecule has 2 aromatic carbocycles. The summed E-state index contributed by atoms with van der Waals surface area (Å²) >= 11 is 6.63. The van der Waals surface area contributed by atoms with Gasteiger partial charge < -0.3 is 9.47 Å². The number of halogens is 1. The van der Waals surface area contributed by atoms with Crippen molar-refractivity contribution in [2.75, 3.05) is 20.3 Å². The lowest BCUT2D eigenvalue weighted by Gasteiger charge is -2.11. The second-order valence-electron chi connectivity index (χ2n) is 6.46. The Morgan fingerprint density at radius 1 is 1.13 bits per heavy atom. The number of imide groups is 1. The molecule has 1 fully saturated rings. The van der Waals surface area contributed by atoms with Crippen molar-refractivity contribution in [3.63, 3.8) is 0 Å². The van der Waals surface area contributed by atoms with Crippen molar-refractivity contribution in [1.82, 2.24) is 4.90 Å². The van der Waals surface area contributed by atoms with Crippen LogP contribution in [0.2, 0.25) is 5.02 Å². The number of hydrogen-bond donors (Lipinski definition) is 0. The number of ether oxygens (including phenoxy) is 2. The van der Waals surface area contributed by atoms with Crippen molar-refractivity contribution >= 4 is 46.4 Å². The van der Waals surface area contributed by atoms with Crippen molar-refractivity contribution in [3.05, 3.63) is 63.5 Å². The molecule has 3 rings (SSSR count). The van der Waals surface area contributed by atoms with Gasteiger partial charge >= 0.3 is 0 Å². The van der Waals surface area contributed by atoms with Crippen LogP contribution in [0.5, 0.6) is 11.5 Å². The molecule has 0 atom stereocenters. The Morgan fingerprint density at radius 3 is 2.53 bits per heavy atom. The third-order valence-electron chi connectivity index (χ3n) is 4.29. The average molecular weight is 446 g/mol. The molecule has 30 heavy (non-hydrogen) atoms. The van der Waals surface area contributed by atoms with Gasteiger partial charge in [-0.2, -0.15) is 0 Å². The van der Waals surface area contributed by atoms with Crippen LogP contribution in [0.4, 0.5) is 4.79 Å². The molecule has 0 radical (unpaired) electrons. The molecule has 1 heterocycles. The normalized spacial score (nSPS) is 15.0. The van der Waals surface area contributed by atoms with Crippen LogP contribution in [0.3, 0.4) is 0 Å². The number of nitrogens with zero attached hydrogens (tertiary/aromatic N) is 1. The Balaban J connectivity index is 1.76. The van der Waals surface area contributed by atoms with Crippen LogP contribution < -0.4 is 9.47 Å². The molecule has 1 saturated heterocycles. The highest BCUT2D eigenvalue weighted by molar-refractivity contribution is 8.18. The monoisotopic (exact) mass is 445 g/mol. The van der Waals surface area contributed by atoms with Crippen molar-refractivity contribution in [2.45, 2.75) is 13.3 Å². The predicted molar refractivity (Wildman–Crippen MR) is 117 cm³/mol. The van der Waals surface area contributed by atoms with Crippen LogP contribution in [0.25, 0.3) is 6.08 Å². The number of carbonyl (C=O) groups excluding carboxylic acids is 3. The minimum absolute atomic E-state index is 0.244. The summed E-state index contributed by atoms with van der Waals surface area (Å²) in [6.45, 7) is 2.25. The Bertz CT molecular complexity index is 1000. The summed E-state index contributed by atoms with van der Waals surface area (Å²) in [5.74, 6) is 0.305. The fourth-order valence-corrected chi connectivity index (χ4v) is 3.73. The first kappa shape index (κ1) is 21.9. The zero-order valence-corrected chi connectivity index (χ0v) is 18.1. The predicted octanol–water partition coefficient (Wildman–Crippen LogP) is 5.06. The van der Waals surface area contributed by atoms with E-state index < -0.39 is 11.1 Å². The number of Topliss-reactive ketones (excluding diaryl/α,β-unsaturated/α-hetero) is 1. The van der Waals surface area contributed by atoms with Gasteiger partial charge in [0.15, 0.2) is 17.3 Å². The highest BCUT2D eigenvalue weighted by atomic mass is 35.5. The molecule has 8 heteroatoms. The van der Waals surface area contributed by atoms with Crippen LogP contribution >= 0.6 is 23.4 Å². The first-order chi connectivity index (χ1) is 14.4. The van der Waals surface area contributed by atoms with Crippen molar-refractivity contribution < 1.29 is 23.9 Å². The maximum absolute atomic E-state index is 12.7. The van der Waals surface area contributed by atoms with E-state index in [9.17, 15) is 14.4 Å². The molecule has 6 nitrogen and oxygen atoms in total. The van der Waals surface area contributed by atoms with Gasteiger partial charge in [0.1, 0.15) is 0 Å². The molecule has 0 spiro atoms. The third-order valence-corrected chi connectivity index (χ3v) is 5.45. The Morgan fingerprint density at radius 2 is 1.87 bits per heavy atom. The third kappa shape index (κ3) is 5.04. The Hall–Kier alpha value is -2.77. The van der Waals surface area contributed by atoms with Gasteiger partial charge in [-0.15, -0.1) is 0 Å².